The van der Waals surface area contributed by atoms with Gasteiger partial charge in [0.25, 0.3) is 0 Å². The zero-order chi connectivity index (χ0) is 20.6. The van der Waals surface area contributed by atoms with E-state index < -0.39 is 5.60 Å². The molecule has 1 aromatic carbocycles. The number of hydrogen-bond donors (Lipinski definition) is 0. The molecule has 1 aromatic rings. The Morgan fingerprint density at radius 1 is 1.31 bits per heavy atom. The van der Waals surface area contributed by atoms with Crippen LogP contribution in [0.25, 0.3) is 0 Å². The first-order valence-corrected chi connectivity index (χ1v) is 9.90. The molecule has 3 aliphatic rings. The lowest BCUT2D eigenvalue weighted by Gasteiger charge is -2.35. The molecule has 1 spiro atoms. The van der Waals surface area contributed by atoms with Gasteiger partial charge in [-0.1, -0.05) is 0 Å². The molecule has 2 amide bonds. The summed E-state index contributed by atoms with van der Waals surface area (Å²) in [5.41, 5.74) is -0.165. The molecule has 3 aliphatic heterocycles. The highest BCUT2D eigenvalue weighted by molar-refractivity contribution is 6.01. The number of hydrogen-bond acceptors (Lipinski definition) is 6. The smallest absolute Gasteiger partial charge is 0.228 e. The third kappa shape index (κ3) is 3.69. The minimum atomic E-state index is -0.688. The molecule has 8 heteroatoms. The van der Waals surface area contributed by atoms with E-state index >= 15 is 0 Å². The minimum Gasteiger partial charge on any atom is -0.497 e. The number of benzene rings is 1. The lowest BCUT2D eigenvalue weighted by molar-refractivity contribution is -0.135. The first-order chi connectivity index (χ1) is 13.9. The van der Waals surface area contributed by atoms with Gasteiger partial charge in [-0.15, -0.1) is 0 Å². The Balaban J connectivity index is 1.43. The summed E-state index contributed by atoms with van der Waals surface area (Å²) in [6, 6.07) is 5.21. The van der Waals surface area contributed by atoms with Crippen LogP contribution in [0.2, 0.25) is 0 Å². The van der Waals surface area contributed by atoms with Crippen molar-refractivity contribution in [2.45, 2.75) is 24.9 Å². The molecule has 2 unspecified atom stereocenters. The van der Waals surface area contributed by atoms with E-state index in [2.05, 4.69) is 0 Å². The number of Topliss-reactive ketones (excluding diaryl/α,β-unsaturated/α-hetero) is 1. The first-order valence-electron chi connectivity index (χ1n) is 9.90. The highest BCUT2D eigenvalue weighted by Gasteiger charge is 2.48. The zero-order valence-electron chi connectivity index (χ0n) is 16.8. The second-order valence-electron chi connectivity index (χ2n) is 7.99. The van der Waals surface area contributed by atoms with E-state index in [0.29, 0.717) is 56.3 Å². The van der Waals surface area contributed by atoms with Crippen LogP contribution in [0.15, 0.2) is 18.2 Å². The van der Waals surface area contributed by atoms with Crippen molar-refractivity contribution in [2.75, 3.05) is 47.0 Å². The summed E-state index contributed by atoms with van der Waals surface area (Å²) < 4.78 is 16.4. The van der Waals surface area contributed by atoms with Gasteiger partial charge in [0.15, 0.2) is 5.78 Å². The minimum absolute atomic E-state index is 0.00114. The van der Waals surface area contributed by atoms with Crippen LogP contribution in [0, 0.1) is 5.92 Å². The summed E-state index contributed by atoms with van der Waals surface area (Å²) in [5, 5.41) is 0. The van der Waals surface area contributed by atoms with E-state index in [1.807, 2.05) is 0 Å². The maximum absolute atomic E-state index is 13.0. The van der Waals surface area contributed by atoms with E-state index in [4.69, 9.17) is 14.2 Å². The Morgan fingerprint density at radius 2 is 2.14 bits per heavy atom. The first kappa shape index (κ1) is 19.7. The number of fused-ring (bicyclic) bond motifs is 1. The molecule has 0 aromatic heterocycles. The fourth-order valence-electron chi connectivity index (χ4n) is 4.47. The molecule has 3 heterocycles. The van der Waals surface area contributed by atoms with Crippen LogP contribution in [0.1, 0.15) is 29.6 Å². The van der Waals surface area contributed by atoms with Crippen LogP contribution < -0.4 is 9.47 Å². The van der Waals surface area contributed by atoms with Crippen LogP contribution in [-0.4, -0.2) is 80.0 Å². The number of ketones is 1. The van der Waals surface area contributed by atoms with Gasteiger partial charge in [0.05, 0.1) is 38.2 Å². The maximum atomic E-state index is 13.0. The Bertz CT molecular complexity index is 840. The van der Waals surface area contributed by atoms with Crippen molar-refractivity contribution in [3.05, 3.63) is 23.8 Å². The Hall–Kier alpha value is -2.61. The number of rotatable bonds is 5. The predicted molar refractivity (Wildman–Crippen MR) is 103 cm³/mol. The molecule has 8 nitrogen and oxygen atoms in total. The highest BCUT2D eigenvalue weighted by Crippen LogP contribution is 2.40. The third-order valence-electron chi connectivity index (χ3n) is 6.05. The molecule has 0 aliphatic carbocycles. The van der Waals surface area contributed by atoms with Crippen LogP contribution in [0.5, 0.6) is 11.5 Å². The molecule has 2 saturated heterocycles. The summed E-state index contributed by atoms with van der Waals surface area (Å²) in [6.07, 6.45) is 1.07. The van der Waals surface area contributed by atoms with Crippen molar-refractivity contribution in [2.24, 2.45) is 5.92 Å². The quantitative estimate of drug-likeness (QED) is 0.734. The van der Waals surface area contributed by atoms with Gasteiger partial charge in [-0.3, -0.25) is 14.4 Å². The van der Waals surface area contributed by atoms with Crippen LogP contribution >= 0.6 is 0 Å². The fraction of sp³-hybridized carbons (Fsp3) is 0.571. The zero-order valence-corrected chi connectivity index (χ0v) is 16.8. The summed E-state index contributed by atoms with van der Waals surface area (Å²) >= 11 is 0. The lowest BCUT2D eigenvalue weighted by atomic mass is 9.89. The maximum Gasteiger partial charge on any atom is 0.228 e. The molecular formula is C21H26N2O6. The second-order valence-corrected chi connectivity index (χ2v) is 7.99. The molecule has 2 fully saturated rings. The molecular weight excluding hydrogens is 376 g/mol. The molecule has 0 N–H and O–H groups in total. The number of methoxy groups -OCH3 is 2. The highest BCUT2D eigenvalue weighted by atomic mass is 16.5. The number of amides is 2. The fourth-order valence-corrected chi connectivity index (χ4v) is 4.47. The van der Waals surface area contributed by atoms with Crippen molar-refractivity contribution in [1.29, 1.82) is 0 Å². The molecule has 156 valence electrons. The van der Waals surface area contributed by atoms with Gasteiger partial charge in [0, 0.05) is 39.6 Å². The predicted octanol–water partition coefficient (Wildman–Crippen LogP) is 1.13. The number of carbonyl (C=O) groups is 3. The van der Waals surface area contributed by atoms with E-state index in [1.165, 1.54) is 0 Å². The Labute approximate surface area is 169 Å². The molecule has 29 heavy (non-hydrogen) atoms. The van der Waals surface area contributed by atoms with E-state index in [0.717, 1.165) is 0 Å². The summed E-state index contributed by atoms with van der Waals surface area (Å²) in [4.78, 5) is 41.3. The van der Waals surface area contributed by atoms with Crippen molar-refractivity contribution >= 4 is 17.6 Å². The van der Waals surface area contributed by atoms with Crippen molar-refractivity contribution in [3.63, 3.8) is 0 Å². The standard InChI is InChI=1S/C21H26N2O6/c1-27-8-7-22-12-14(9-19(22)25)20(26)23-6-5-21(13-23)11-17(24)16-10-15(28-2)3-4-18(16)29-21/h3-4,10,14H,5-9,11-13H2,1-2H3. The Morgan fingerprint density at radius 3 is 2.90 bits per heavy atom. The second kappa shape index (κ2) is 7.67. The SMILES string of the molecule is COCCN1CC(C(=O)N2CCC3(CC(=O)c4cc(OC)ccc4O3)C2)CC1=O. The number of ether oxygens (including phenoxy) is 3. The van der Waals surface area contributed by atoms with Gasteiger partial charge in [0.2, 0.25) is 11.8 Å². The number of likely N-dealkylation sites (tertiary alicyclic amines) is 2. The summed E-state index contributed by atoms with van der Waals surface area (Å²) in [6.45, 7) is 2.28. The van der Waals surface area contributed by atoms with Gasteiger partial charge < -0.3 is 24.0 Å². The van der Waals surface area contributed by atoms with Gasteiger partial charge in [-0.05, 0) is 18.2 Å². The molecule has 2 atom stereocenters. The molecule has 0 radical (unpaired) electrons. The summed E-state index contributed by atoms with van der Waals surface area (Å²) in [7, 11) is 3.15. The normalized spacial score (nSPS) is 26.1. The molecule has 4 rings (SSSR count). The Kier molecular flexibility index (Phi) is 5.21. The third-order valence-corrected chi connectivity index (χ3v) is 6.05. The summed E-state index contributed by atoms with van der Waals surface area (Å²) in [5.74, 6) is 0.765. The van der Waals surface area contributed by atoms with Crippen molar-refractivity contribution in [3.8, 4) is 11.5 Å². The van der Waals surface area contributed by atoms with E-state index in [1.54, 1.807) is 42.2 Å². The molecule has 0 bridgehead atoms. The van der Waals surface area contributed by atoms with Crippen LogP contribution in [0.4, 0.5) is 0 Å². The van der Waals surface area contributed by atoms with Crippen LogP contribution in [-0.2, 0) is 14.3 Å². The van der Waals surface area contributed by atoms with Crippen molar-refractivity contribution in [1.82, 2.24) is 9.80 Å². The lowest BCUT2D eigenvalue weighted by Crippen LogP contribution is -2.46. The monoisotopic (exact) mass is 402 g/mol. The number of nitrogens with zero attached hydrogens (tertiary/aromatic N) is 2. The van der Waals surface area contributed by atoms with Gasteiger partial charge in [-0.25, -0.2) is 0 Å². The molecule has 0 saturated carbocycles. The number of carbonyl (C=O) groups excluding carboxylic acids is 3. The average Bonchev–Trinajstić information content (AvgIpc) is 3.29. The van der Waals surface area contributed by atoms with E-state index in [-0.39, 0.29) is 36.4 Å². The van der Waals surface area contributed by atoms with Crippen LogP contribution in [0.3, 0.4) is 0 Å². The van der Waals surface area contributed by atoms with Gasteiger partial charge in [0.1, 0.15) is 17.1 Å². The largest absolute Gasteiger partial charge is 0.497 e. The topological polar surface area (TPSA) is 85.4 Å². The van der Waals surface area contributed by atoms with Gasteiger partial charge >= 0.3 is 0 Å². The van der Waals surface area contributed by atoms with E-state index in [9.17, 15) is 14.4 Å². The average molecular weight is 402 g/mol. The van der Waals surface area contributed by atoms with Crippen molar-refractivity contribution < 1.29 is 28.6 Å². The van der Waals surface area contributed by atoms with Gasteiger partial charge in [-0.2, -0.15) is 0 Å².